The largest absolute Gasteiger partial charge is 0.355 e. The molecule has 0 aliphatic carbocycles. The average Bonchev–Trinajstić information content (AvgIpc) is 2.79. The fraction of sp³-hybridized carbons (Fsp3) is 0.250. The summed E-state index contributed by atoms with van der Waals surface area (Å²) >= 11 is 0. The van der Waals surface area contributed by atoms with Gasteiger partial charge in [0.05, 0.1) is 0 Å². The maximum absolute atomic E-state index is 11.4. The van der Waals surface area contributed by atoms with Crippen LogP contribution in [-0.2, 0) is 11.3 Å². The lowest BCUT2D eigenvalue weighted by Crippen LogP contribution is -2.27. The van der Waals surface area contributed by atoms with Gasteiger partial charge in [0.25, 0.3) is 0 Å². The molecule has 0 bridgehead atoms. The van der Waals surface area contributed by atoms with Crippen LogP contribution in [-0.4, -0.2) is 27.2 Å². The van der Waals surface area contributed by atoms with Gasteiger partial charge in [-0.05, 0) is 6.92 Å². The van der Waals surface area contributed by atoms with Crippen molar-refractivity contribution in [3.05, 3.63) is 36.7 Å². The summed E-state index contributed by atoms with van der Waals surface area (Å²) < 4.78 is 1.54. The van der Waals surface area contributed by atoms with E-state index in [0.29, 0.717) is 12.4 Å². The molecule has 88 valence electrons. The normalized spacial score (nSPS) is 10.2. The second-order valence-corrected chi connectivity index (χ2v) is 3.59. The van der Waals surface area contributed by atoms with Gasteiger partial charge in [0.1, 0.15) is 12.9 Å². The first-order chi connectivity index (χ1) is 8.29. The molecule has 1 aromatic heterocycles. The number of likely N-dealkylation sites (N-methyl/N-ethyl adjacent to an activating group) is 1. The first-order valence-corrected chi connectivity index (χ1v) is 5.51. The van der Waals surface area contributed by atoms with Gasteiger partial charge in [0, 0.05) is 12.1 Å². The highest BCUT2D eigenvalue weighted by molar-refractivity contribution is 5.75. The minimum atomic E-state index is -0.0583. The zero-order valence-electron chi connectivity index (χ0n) is 9.63. The maximum Gasteiger partial charge on any atom is 0.241 e. The zero-order valence-corrected chi connectivity index (χ0v) is 9.63. The standard InChI is InChI=1S/C12H14N4O/c1-2-13-11(17)8-16-9-14-12(15-16)10-6-4-3-5-7-10/h3-7,9H,2,8H2,1H3,(H,13,17). The molecule has 0 radical (unpaired) electrons. The number of rotatable bonds is 4. The van der Waals surface area contributed by atoms with Crippen molar-refractivity contribution >= 4 is 5.91 Å². The fourth-order valence-corrected chi connectivity index (χ4v) is 1.49. The molecule has 5 heteroatoms. The Labute approximate surface area is 99.5 Å². The first-order valence-electron chi connectivity index (χ1n) is 5.51. The van der Waals surface area contributed by atoms with Gasteiger partial charge in [0.2, 0.25) is 5.91 Å². The van der Waals surface area contributed by atoms with E-state index in [1.165, 1.54) is 4.68 Å². The summed E-state index contributed by atoms with van der Waals surface area (Å²) in [4.78, 5) is 15.5. The van der Waals surface area contributed by atoms with Crippen LogP contribution in [0.4, 0.5) is 0 Å². The molecule has 1 N–H and O–H groups in total. The van der Waals surface area contributed by atoms with E-state index in [4.69, 9.17) is 0 Å². The SMILES string of the molecule is CCNC(=O)Cn1cnc(-c2ccccc2)n1. The number of nitrogens with one attached hydrogen (secondary N) is 1. The second-order valence-electron chi connectivity index (χ2n) is 3.59. The molecular weight excluding hydrogens is 216 g/mol. The van der Waals surface area contributed by atoms with Crippen molar-refractivity contribution in [3.8, 4) is 11.4 Å². The summed E-state index contributed by atoms with van der Waals surface area (Å²) in [6.45, 7) is 2.71. The van der Waals surface area contributed by atoms with Gasteiger partial charge in [-0.25, -0.2) is 9.67 Å². The molecule has 1 heterocycles. The van der Waals surface area contributed by atoms with Crippen molar-refractivity contribution in [3.63, 3.8) is 0 Å². The van der Waals surface area contributed by atoms with Crippen molar-refractivity contribution in [2.45, 2.75) is 13.5 Å². The molecule has 1 amide bonds. The van der Waals surface area contributed by atoms with Gasteiger partial charge >= 0.3 is 0 Å². The van der Waals surface area contributed by atoms with E-state index in [1.807, 2.05) is 37.3 Å². The number of hydrogen-bond donors (Lipinski definition) is 1. The molecule has 5 nitrogen and oxygen atoms in total. The van der Waals surface area contributed by atoms with Gasteiger partial charge in [-0.15, -0.1) is 0 Å². The molecule has 2 rings (SSSR count). The topological polar surface area (TPSA) is 59.8 Å². The van der Waals surface area contributed by atoms with E-state index in [-0.39, 0.29) is 12.5 Å². The highest BCUT2D eigenvalue weighted by atomic mass is 16.2. The van der Waals surface area contributed by atoms with Gasteiger partial charge in [0.15, 0.2) is 5.82 Å². The Balaban J connectivity index is 2.09. The van der Waals surface area contributed by atoms with Crippen LogP contribution in [0.15, 0.2) is 36.7 Å². The molecule has 0 saturated carbocycles. The molecule has 0 saturated heterocycles. The summed E-state index contributed by atoms with van der Waals surface area (Å²) in [6, 6.07) is 9.67. The van der Waals surface area contributed by atoms with Gasteiger partial charge < -0.3 is 5.32 Å². The molecule has 0 spiro atoms. The summed E-state index contributed by atoms with van der Waals surface area (Å²) in [5, 5.41) is 6.96. The van der Waals surface area contributed by atoms with Crippen molar-refractivity contribution in [1.29, 1.82) is 0 Å². The Kier molecular flexibility index (Phi) is 3.49. The number of carbonyl (C=O) groups is 1. The maximum atomic E-state index is 11.4. The van der Waals surface area contributed by atoms with Crippen LogP contribution in [0.5, 0.6) is 0 Å². The summed E-state index contributed by atoms with van der Waals surface area (Å²) in [7, 11) is 0. The molecule has 2 aromatic rings. The molecule has 17 heavy (non-hydrogen) atoms. The summed E-state index contributed by atoms with van der Waals surface area (Å²) in [5.74, 6) is 0.576. The Morgan fingerprint density at radius 1 is 1.35 bits per heavy atom. The Hall–Kier alpha value is -2.17. The Morgan fingerprint density at radius 2 is 2.12 bits per heavy atom. The number of carbonyl (C=O) groups excluding carboxylic acids is 1. The number of aromatic nitrogens is 3. The van der Waals surface area contributed by atoms with E-state index >= 15 is 0 Å². The zero-order chi connectivity index (χ0) is 12.1. The van der Waals surface area contributed by atoms with Gasteiger partial charge in [-0.3, -0.25) is 4.79 Å². The molecule has 0 aliphatic heterocycles. The average molecular weight is 230 g/mol. The third-order valence-electron chi connectivity index (χ3n) is 2.25. The number of benzene rings is 1. The Morgan fingerprint density at radius 3 is 2.82 bits per heavy atom. The molecule has 0 atom stereocenters. The molecule has 0 fully saturated rings. The Bertz CT molecular complexity index is 492. The first kappa shape index (κ1) is 11.3. The van der Waals surface area contributed by atoms with Crippen molar-refractivity contribution in [2.75, 3.05) is 6.54 Å². The third-order valence-corrected chi connectivity index (χ3v) is 2.25. The molecule has 0 unspecified atom stereocenters. The minimum Gasteiger partial charge on any atom is -0.355 e. The highest BCUT2D eigenvalue weighted by Crippen LogP contribution is 2.12. The predicted molar refractivity (Wildman–Crippen MR) is 64.1 cm³/mol. The van der Waals surface area contributed by atoms with Gasteiger partial charge in [-0.1, -0.05) is 30.3 Å². The van der Waals surface area contributed by atoms with Crippen LogP contribution in [0.1, 0.15) is 6.92 Å². The summed E-state index contributed by atoms with van der Waals surface area (Å²) in [6.07, 6.45) is 1.57. The van der Waals surface area contributed by atoms with E-state index in [9.17, 15) is 4.79 Å². The smallest absolute Gasteiger partial charge is 0.241 e. The quantitative estimate of drug-likeness (QED) is 0.855. The molecule has 1 aromatic carbocycles. The van der Waals surface area contributed by atoms with Crippen LogP contribution in [0.25, 0.3) is 11.4 Å². The van der Waals surface area contributed by atoms with E-state index < -0.39 is 0 Å². The van der Waals surface area contributed by atoms with Gasteiger partial charge in [-0.2, -0.15) is 5.10 Å². The number of nitrogens with zero attached hydrogens (tertiary/aromatic N) is 3. The second kappa shape index (κ2) is 5.25. The van der Waals surface area contributed by atoms with Crippen LogP contribution in [0.3, 0.4) is 0 Å². The van der Waals surface area contributed by atoms with E-state index in [2.05, 4.69) is 15.4 Å². The van der Waals surface area contributed by atoms with Crippen LogP contribution >= 0.6 is 0 Å². The highest BCUT2D eigenvalue weighted by Gasteiger charge is 2.06. The van der Waals surface area contributed by atoms with Crippen LogP contribution < -0.4 is 5.32 Å². The van der Waals surface area contributed by atoms with Crippen LogP contribution in [0.2, 0.25) is 0 Å². The number of amides is 1. The lowest BCUT2D eigenvalue weighted by Gasteiger charge is -2.00. The van der Waals surface area contributed by atoms with E-state index in [1.54, 1.807) is 6.33 Å². The van der Waals surface area contributed by atoms with E-state index in [0.717, 1.165) is 5.56 Å². The van der Waals surface area contributed by atoms with Crippen LogP contribution in [0, 0.1) is 0 Å². The molecule has 0 aliphatic rings. The van der Waals surface area contributed by atoms with Crippen molar-refractivity contribution in [1.82, 2.24) is 20.1 Å². The molecular formula is C12H14N4O. The summed E-state index contributed by atoms with van der Waals surface area (Å²) in [5.41, 5.74) is 0.946. The predicted octanol–water partition coefficient (Wildman–Crippen LogP) is 1.08. The third kappa shape index (κ3) is 2.90. The van der Waals surface area contributed by atoms with Crippen molar-refractivity contribution in [2.24, 2.45) is 0 Å². The minimum absolute atomic E-state index is 0.0583. The lowest BCUT2D eigenvalue weighted by atomic mass is 10.2. The lowest BCUT2D eigenvalue weighted by molar-refractivity contribution is -0.121. The monoisotopic (exact) mass is 230 g/mol. The fourth-order valence-electron chi connectivity index (χ4n) is 1.49. The number of hydrogen-bond acceptors (Lipinski definition) is 3. The van der Waals surface area contributed by atoms with Crippen molar-refractivity contribution < 1.29 is 4.79 Å².